The average molecular weight is 291 g/mol. The summed E-state index contributed by atoms with van der Waals surface area (Å²) in [4.78, 5) is 2.48. The van der Waals surface area contributed by atoms with Crippen LogP contribution in [0, 0.1) is 0 Å². The van der Waals surface area contributed by atoms with Crippen molar-refractivity contribution in [1.82, 2.24) is 9.27 Å². The van der Waals surface area contributed by atoms with Crippen LogP contribution in [0.3, 0.4) is 0 Å². The van der Waals surface area contributed by atoms with Crippen molar-refractivity contribution < 1.29 is 0 Å². The molecule has 0 spiro atoms. The fourth-order valence-electron chi connectivity index (χ4n) is 2.45. The summed E-state index contributed by atoms with van der Waals surface area (Å²) < 4.78 is 4.48. The molecule has 1 N–H and O–H groups in total. The second-order valence-corrected chi connectivity index (χ2v) is 6.02. The Morgan fingerprint density at radius 2 is 2.00 bits per heavy atom. The van der Waals surface area contributed by atoms with E-state index < -0.39 is 0 Å². The largest absolute Gasteiger partial charge is 0.373 e. The van der Waals surface area contributed by atoms with Crippen LogP contribution in [0.25, 0.3) is 10.9 Å². The maximum absolute atomic E-state index is 4.48. The lowest BCUT2D eigenvalue weighted by atomic mass is 10.1. The molecule has 0 aliphatic heterocycles. The number of nitrogens with one attached hydrogen (secondary N) is 1. The highest BCUT2D eigenvalue weighted by molar-refractivity contribution is 7.11. The molecule has 0 aliphatic rings. The molecule has 2 rings (SSSR count). The summed E-state index contributed by atoms with van der Waals surface area (Å²) in [7, 11) is 0. The first-order valence-electron chi connectivity index (χ1n) is 7.57. The normalized spacial score (nSPS) is 13.0. The van der Waals surface area contributed by atoms with Crippen LogP contribution in [-0.4, -0.2) is 34.9 Å². The van der Waals surface area contributed by atoms with Gasteiger partial charge in [0.15, 0.2) is 0 Å². The Hall–Kier alpha value is -1.13. The van der Waals surface area contributed by atoms with Crippen molar-refractivity contribution in [3.05, 3.63) is 24.3 Å². The topological polar surface area (TPSA) is 28.2 Å². The van der Waals surface area contributed by atoms with Crippen molar-refractivity contribution in [3.8, 4) is 0 Å². The van der Waals surface area contributed by atoms with E-state index in [1.54, 1.807) is 11.5 Å². The number of hydrogen-bond donors (Lipinski definition) is 1. The Kier molecular flexibility index (Phi) is 5.80. The van der Waals surface area contributed by atoms with Gasteiger partial charge in [-0.3, -0.25) is 0 Å². The average Bonchev–Trinajstić information content (AvgIpc) is 2.87. The second kappa shape index (κ2) is 7.60. The van der Waals surface area contributed by atoms with Crippen LogP contribution < -0.4 is 5.32 Å². The fraction of sp³-hybridized carbons (Fsp3) is 0.562. The lowest BCUT2D eigenvalue weighted by Crippen LogP contribution is -2.25. The van der Waals surface area contributed by atoms with Gasteiger partial charge in [0.05, 0.1) is 5.52 Å². The molecule has 1 aromatic heterocycles. The lowest BCUT2D eigenvalue weighted by molar-refractivity contribution is 0.295. The van der Waals surface area contributed by atoms with Gasteiger partial charge in [-0.2, -0.15) is 4.37 Å². The summed E-state index contributed by atoms with van der Waals surface area (Å²) >= 11 is 1.57. The maximum Gasteiger partial charge on any atom is 0.117 e. The summed E-state index contributed by atoms with van der Waals surface area (Å²) in [6, 6.07) is 8.83. The number of benzene rings is 1. The third kappa shape index (κ3) is 3.93. The van der Waals surface area contributed by atoms with E-state index in [4.69, 9.17) is 0 Å². The van der Waals surface area contributed by atoms with E-state index >= 15 is 0 Å². The zero-order chi connectivity index (χ0) is 14.4. The molecule has 4 heteroatoms. The molecule has 2 aromatic rings. The van der Waals surface area contributed by atoms with Crippen LogP contribution in [-0.2, 0) is 0 Å². The zero-order valence-electron chi connectivity index (χ0n) is 12.7. The molecular weight excluding hydrogens is 266 g/mol. The molecule has 0 radical (unpaired) electrons. The van der Waals surface area contributed by atoms with Gasteiger partial charge >= 0.3 is 0 Å². The van der Waals surface area contributed by atoms with E-state index in [0.717, 1.165) is 18.6 Å². The van der Waals surface area contributed by atoms with Crippen LogP contribution in [0.15, 0.2) is 24.3 Å². The minimum Gasteiger partial charge on any atom is -0.373 e. The summed E-state index contributed by atoms with van der Waals surface area (Å²) in [5.74, 6) is 0. The molecule has 0 saturated carbocycles. The van der Waals surface area contributed by atoms with Crippen LogP contribution in [0.5, 0.6) is 0 Å². The first-order chi connectivity index (χ1) is 9.74. The highest BCUT2D eigenvalue weighted by Gasteiger charge is 2.09. The molecule has 3 nitrogen and oxygen atoms in total. The lowest BCUT2D eigenvalue weighted by Gasteiger charge is -2.19. The van der Waals surface area contributed by atoms with E-state index in [1.165, 1.54) is 29.8 Å². The predicted octanol–water partition coefficient (Wildman–Crippen LogP) is 4.22. The SMILES string of the molecule is CCN(CC)CCCC(C)Nc1snc2ccccc12. The van der Waals surface area contributed by atoms with Crippen LogP contribution >= 0.6 is 11.5 Å². The minimum atomic E-state index is 0.495. The number of nitrogens with zero attached hydrogens (tertiary/aromatic N) is 2. The molecule has 0 bridgehead atoms. The Balaban J connectivity index is 1.84. The highest BCUT2D eigenvalue weighted by Crippen LogP contribution is 2.28. The van der Waals surface area contributed by atoms with Gasteiger partial charge in [-0.05, 0) is 63.1 Å². The van der Waals surface area contributed by atoms with Crippen molar-refractivity contribution in [2.45, 2.75) is 39.7 Å². The monoisotopic (exact) mass is 291 g/mol. The number of fused-ring (bicyclic) bond motifs is 1. The van der Waals surface area contributed by atoms with Crippen molar-refractivity contribution in [3.63, 3.8) is 0 Å². The van der Waals surface area contributed by atoms with E-state index in [9.17, 15) is 0 Å². The number of aromatic nitrogens is 1. The second-order valence-electron chi connectivity index (χ2n) is 5.24. The third-order valence-corrected chi connectivity index (χ3v) is 4.58. The smallest absolute Gasteiger partial charge is 0.117 e. The van der Waals surface area contributed by atoms with Gasteiger partial charge in [0.2, 0.25) is 0 Å². The Morgan fingerprint density at radius 1 is 1.25 bits per heavy atom. The minimum absolute atomic E-state index is 0.495. The standard InChI is InChI=1S/C16H25N3S/c1-4-19(5-2)12-8-9-13(3)17-16-14-10-6-7-11-15(14)18-20-16/h6-7,10-11,13,17H,4-5,8-9,12H2,1-3H3. The summed E-state index contributed by atoms with van der Waals surface area (Å²) in [5.41, 5.74) is 1.09. The van der Waals surface area contributed by atoms with Gasteiger partial charge in [0, 0.05) is 11.4 Å². The summed E-state index contributed by atoms with van der Waals surface area (Å²) in [6.07, 6.45) is 2.44. The van der Waals surface area contributed by atoms with Crippen LogP contribution in [0.4, 0.5) is 5.00 Å². The molecule has 1 heterocycles. The molecule has 20 heavy (non-hydrogen) atoms. The van der Waals surface area contributed by atoms with E-state index in [0.29, 0.717) is 6.04 Å². The molecule has 0 fully saturated rings. The maximum atomic E-state index is 4.48. The number of anilines is 1. The van der Waals surface area contributed by atoms with Crippen molar-refractivity contribution in [2.75, 3.05) is 25.0 Å². The Bertz CT molecular complexity index is 519. The third-order valence-electron chi connectivity index (χ3n) is 3.77. The molecule has 1 unspecified atom stereocenters. The molecule has 1 atom stereocenters. The van der Waals surface area contributed by atoms with Gasteiger partial charge in [-0.15, -0.1) is 0 Å². The highest BCUT2D eigenvalue weighted by atomic mass is 32.1. The molecule has 0 aliphatic carbocycles. The van der Waals surface area contributed by atoms with Crippen molar-refractivity contribution >= 4 is 27.4 Å². The zero-order valence-corrected chi connectivity index (χ0v) is 13.5. The molecule has 110 valence electrons. The Morgan fingerprint density at radius 3 is 2.75 bits per heavy atom. The molecule has 0 saturated heterocycles. The van der Waals surface area contributed by atoms with E-state index in [1.807, 2.05) is 6.07 Å². The van der Waals surface area contributed by atoms with Crippen molar-refractivity contribution in [2.24, 2.45) is 0 Å². The fourth-order valence-corrected chi connectivity index (χ4v) is 3.32. The van der Waals surface area contributed by atoms with Crippen molar-refractivity contribution in [1.29, 1.82) is 0 Å². The Labute approximate surface area is 126 Å². The predicted molar refractivity (Wildman–Crippen MR) is 89.7 cm³/mol. The van der Waals surface area contributed by atoms with E-state index in [-0.39, 0.29) is 0 Å². The molecule has 1 aromatic carbocycles. The number of rotatable bonds is 8. The van der Waals surface area contributed by atoms with Crippen LogP contribution in [0.2, 0.25) is 0 Å². The molecule has 0 amide bonds. The van der Waals surface area contributed by atoms with Gasteiger partial charge in [0.25, 0.3) is 0 Å². The molecular formula is C16H25N3S. The quantitative estimate of drug-likeness (QED) is 0.789. The van der Waals surface area contributed by atoms with E-state index in [2.05, 4.69) is 53.6 Å². The van der Waals surface area contributed by atoms with Gasteiger partial charge < -0.3 is 10.2 Å². The summed E-state index contributed by atoms with van der Waals surface area (Å²) in [5, 5.41) is 6.06. The van der Waals surface area contributed by atoms with Gasteiger partial charge in [-0.25, -0.2) is 0 Å². The summed E-state index contributed by atoms with van der Waals surface area (Å²) in [6.45, 7) is 10.2. The van der Waals surface area contributed by atoms with Gasteiger partial charge in [-0.1, -0.05) is 26.0 Å². The van der Waals surface area contributed by atoms with Crippen LogP contribution in [0.1, 0.15) is 33.6 Å². The first kappa shape index (κ1) is 15.3. The number of hydrogen-bond acceptors (Lipinski definition) is 4. The van der Waals surface area contributed by atoms with Gasteiger partial charge in [0.1, 0.15) is 5.00 Å². The first-order valence-corrected chi connectivity index (χ1v) is 8.35.